The van der Waals surface area contributed by atoms with Crippen LogP contribution in [0.25, 0.3) is 0 Å². The molecule has 0 saturated heterocycles. The highest BCUT2D eigenvalue weighted by atomic mass is 35.5. The van der Waals surface area contributed by atoms with Crippen LogP contribution in [0.15, 0.2) is 30.6 Å². The quantitative estimate of drug-likeness (QED) is 0.888. The van der Waals surface area contributed by atoms with Gasteiger partial charge < -0.3 is 10.1 Å². The molecule has 2 aromatic rings. The summed E-state index contributed by atoms with van der Waals surface area (Å²) < 4.78 is 5.92. The molecule has 0 saturated carbocycles. The number of aryl methyl sites for hydroxylation is 2. The van der Waals surface area contributed by atoms with Crippen molar-refractivity contribution in [1.82, 2.24) is 4.98 Å². The molecule has 1 aromatic carbocycles. The van der Waals surface area contributed by atoms with Gasteiger partial charge in [-0.05, 0) is 44.0 Å². The first-order chi connectivity index (χ1) is 9.10. The molecule has 1 N–H and O–H groups in total. The lowest BCUT2D eigenvalue weighted by Crippen LogP contribution is -1.98. The maximum absolute atomic E-state index is 6.01. The second kappa shape index (κ2) is 5.93. The molecule has 1 aromatic heterocycles. The summed E-state index contributed by atoms with van der Waals surface area (Å²) in [5.74, 6) is 1.55. The molecule has 2 rings (SSSR count). The molecule has 0 fully saturated rings. The van der Waals surface area contributed by atoms with Crippen LogP contribution >= 0.6 is 11.6 Å². The summed E-state index contributed by atoms with van der Waals surface area (Å²) in [4.78, 5) is 4.16. The van der Waals surface area contributed by atoms with Crippen LogP contribution in [0.2, 0.25) is 5.02 Å². The summed E-state index contributed by atoms with van der Waals surface area (Å²) in [6, 6.07) is 5.72. The fraction of sp³-hybridized carbons (Fsp3) is 0.267. The van der Waals surface area contributed by atoms with E-state index in [0.717, 1.165) is 34.1 Å². The molecule has 0 unspecified atom stereocenters. The minimum Gasteiger partial charge on any atom is -0.455 e. The number of nitrogens with one attached hydrogen (secondary N) is 1. The normalized spacial score (nSPS) is 10.3. The summed E-state index contributed by atoms with van der Waals surface area (Å²) in [7, 11) is 0. The molecule has 0 spiro atoms. The van der Waals surface area contributed by atoms with E-state index in [0.29, 0.717) is 5.75 Å². The van der Waals surface area contributed by atoms with Crippen molar-refractivity contribution < 1.29 is 4.74 Å². The number of hydrogen-bond donors (Lipinski definition) is 1. The third-order valence-electron chi connectivity index (χ3n) is 2.74. The first-order valence-corrected chi connectivity index (χ1v) is 6.61. The largest absolute Gasteiger partial charge is 0.455 e. The van der Waals surface area contributed by atoms with Crippen molar-refractivity contribution in [1.29, 1.82) is 0 Å². The van der Waals surface area contributed by atoms with Crippen LogP contribution in [-0.4, -0.2) is 11.5 Å². The number of ether oxygens (including phenoxy) is 1. The van der Waals surface area contributed by atoms with Crippen LogP contribution in [0.5, 0.6) is 11.5 Å². The Morgan fingerprint density at radius 3 is 2.47 bits per heavy atom. The van der Waals surface area contributed by atoms with Crippen LogP contribution in [0.1, 0.15) is 18.1 Å². The molecule has 1 heterocycles. The summed E-state index contributed by atoms with van der Waals surface area (Å²) in [5.41, 5.74) is 2.97. The lowest BCUT2D eigenvalue weighted by atomic mass is 10.1. The van der Waals surface area contributed by atoms with Gasteiger partial charge in [0.2, 0.25) is 0 Å². The lowest BCUT2D eigenvalue weighted by Gasteiger charge is -2.13. The molecule has 4 heteroatoms. The third kappa shape index (κ3) is 3.38. The molecule has 0 aliphatic heterocycles. The number of rotatable bonds is 4. The Kier molecular flexibility index (Phi) is 4.27. The summed E-state index contributed by atoms with van der Waals surface area (Å²) in [6.07, 6.45) is 3.48. The van der Waals surface area contributed by atoms with Crippen LogP contribution in [-0.2, 0) is 0 Å². The molecule has 0 aliphatic rings. The Labute approximate surface area is 118 Å². The predicted molar refractivity (Wildman–Crippen MR) is 79.4 cm³/mol. The SMILES string of the molecule is CCNc1cncc(Oc2c(C)cc(Cl)cc2C)c1. The second-order valence-corrected chi connectivity index (χ2v) is 4.85. The minimum absolute atomic E-state index is 0.715. The van der Waals surface area contributed by atoms with Gasteiger partial charge in [0.25, 0.3) is 0 Å². The average Bonchev–Trinajstić information content (AvgIpc) is 2.35. The van der Waals surface area contributed by atoms with Gasteiger partial charge in [0.15, 0.2) is 0 Å². The predicted octanol–water partition coefficient (Wildman–Crippen LogP) is 4.58. The molecule has 3 nitrogen and oxygen atoms in total. The zero-order valence-corrected chi connectivity index (χ0v) is 12.1. The molecule has 100 valence electrons. The highest BCUT2D eigenvalue weighted by Gasteiger charge is 2.07. The number of hydrogen-bond acceptors (Lipinski definition) is 3. The van der Waals surface area contributed by atoms with Crippen molar-refractivity contribution in [3.05, 3.63) is 46.7 Å². The van der Waals surface area contributed by atoms with Gasteiger partial charge >= 0.3 is 0 Å². The standard InChI is InChI=1S/C15H17ClN2O/c1-4-18-13-7-14(9-17-8-13)19-15-10(2)5-12(16)6-11(15)3/h5-9,18H,4H2,1-3H3. The maximum atomic E-state index is 6.01. The first kappa shape index (κ1) is 13.7. The fourth-order valence-corrected chi connectivity index (χ4v) is 2.28. The molecule has 0 atom stereocenters. The number of nitrogens with zero attached hydrogens (tertiary/aromatic N) is 1. The van der Waals surface area contributed by atoms with Crippen molar-refractivity contribution in [2.24, 2.45) is 0 Å². The van der Waals surface area contributed by atoms with E-state index in [4.69, 9.17) is 16.3 Å². The van der Waals surface area contributed by atoms with E-state index in [9.17, 15) is 0 Å². The van der Waals surface area contributed by atoms with Gasteiger partial charge in [-0.1, -0.05) is 11.6 Å². The number of benzene rings is 1. The van der Waals surface area contributed by atoms with Crippen molar-refractivity contribution in [2.45, 2.75) is 20.8 Å². The molecular weight excluding hydrogens is 260 g/mol. The van der Waals surface area contributed by atoms with Gasteiger partial charge in [0, 0.05) is 17.6 Å². The average molecular weight is 277 g/mol. The van der Waals surface area contributed by atoms with E-state index in [1.807, 2.05) is 39.0 Å². The van der Waals surface area contributed by atoms with E-state index in [2.05, 4.69) is 10.3 Å². The zero-order chi connectivity index (χ0) is 13.8. The van der Waals surface area contributed by atoms with E-state index in [1.165, 1.54) is 0 Å². The molecule has 19 heavy (non-hydrogen) atoms. The van der Waals surface area contributed by atoms with Crippen molar-refractivity contribution >= 4 is 17.3 Å². The summed E-state index contributed by atoms with van der Waals surface area (Å²) in [6.45, 7) is 6.86. The molecular formula is C15H17ClN2O. The number of halogens is 1. The van der Waals surface area contributed by atoms with Crippen molar-refractivity contribution in [3.8, 4) is 11.5 Å². The van der Waals surface area contributed by atoms with Gasteiger partial charge in [-0.25, -0.2) is 0 Å². The lowest BCUT2D eigenvalue weighted by molar-refractivity contribution is 0.473. The third-order valence-corrected chi connectivity index (χ3v) is 2.96. The van der Waals surface area contributed by atoms with Crippen LogP contribution < -0.4 is 10.1 Å². The monoisotopic (exact) mass is 276 g/mol. The smallest absolute Gasteiger partial charge is 0.147 e. The Morgan fingerprint density at radius 1 is 1.16 bits per heavy atom. The van der Waals surface area contributed by atoms with Crippen LogP contribution in [0.3, 0.4) is 0 Å². The van der Waals surface area contributed by atoms with E-state index < -0.39 is 0 Å². The first-order valence-electron chi connectivity index (χ1n) is 6.23. The van der Waals surface area contributed by atoms with Gasteiger partial charge in [0.1, 0.15) is 11.5 Å². The van der Waals surface area contributed by atoms with Gasteiger partial charge in [0.05, 0.1) is 18.1 Å². The van der Waals surface area contributed by atoms with Gasteiger partial charge in [-0.2, -0.15) is 0 Å². The minimum atomic E-state index is 0.715. The Hall–Kier alpha value is -1.74. The van der Waals surface area contributed by atoms with Gasteiger partial charge in [-0.15, -0.1) is 0 Å². The van der Waals surface area contributed by atoms with E-state index >= 15 is 0 Å². The molecule has 0 radical (unpaired) electrons. The topological polar surface area (TPSA) is 34.2 Å². The number of aromatic nitrogens is 1. The Morgan fingerprint density at radius 2 is 1.84 bits per heavy atom. The molecule has 0 bridgehead atoms. The zero-order valence-electron chi connectivity index (χ0n) is 11.3. The highest BCUT2D eigenvalue weighted by molar-refractivity contribution is 6.30. The van der Waals surface area contributed by atoms with Crippen molar-refractivity contribution in [2.75, 3.05) is 11.9 Å². The second-order valence-electron chi connectivity index (χ2n) is 4.41. The number of pyridine rings is 1. The number of anilines is 1. The van der Waals surface area contributed by atoms with Gasteiger partial charge in [-0.3, -0.25) is 4.98 Å². The summed E-state index contributed by atoms with van der Waals surface area (Å²) in [5, 5.41) is 3.93. The van der Waals surface area contributed by atoms with Crippen molar-refractivity contribution in [3.63, 3.8) is 0 Å². The Bertz CT molecular complexity index is 561. The Balaban J connectivity index is 2.28. The highest BCUT2D eigenvalue weighted by Crippen LogP contribution is 2.31. The van der Waals surface area contributed by atoms with E-state index in [-0.39, 0.29) is 0 Å². The van der Waals surface area contributed by atoms with E-state index in [1.54, 1.807) is 12.4 Å². The maximum Gasteiger partial charge on any atom is 0.147 e. The van der Waals surface area contributed by atoms with Crippen LogP contribution in [0, 0.1) is 13.8 Å². The fourth-order valence-electron chi connectivity index (χ4n) is 1.95. The summed E-state index contributed by atoms with van der Waals surface area (Å²) >= 11 is 6.01. The molecule has 0 aliphatic carbocycles. The molecule has 0 amide bonds. The van der Waals surface area contributed by atoms with Crippen LogP contribution in [0.4, 0.5) is 5.69 Å².